The van der Waals surface area contributed by atoms with Gasteiger partial charge in [-0.2, -0.15) is 0 Å². The summed E-state index contributed by atoms with van der Waals surface area (Å²) in [6.45, 7) is 37.5. The normalized spacial score (nSPS) is 17.0. The van der Waals surface area contributed by atoms with E-state index in [1.54, 1.807) is 5.20 Å². The summed E-state index contributed by atoms with van der Waals surface area (Å²) in [5.74, 6) is 0.411. The van der Waals surface area contributed by atoms with Crippen molar-refractivity contribution in [2.24, 2.45) is 5.92 Å². The van der Waals surface area contributed by atoms with E-state index in [2.05, 4.69) is 491 Å². The van der Waals surface area contributed by atoms with Crippen LogP contribution in [0.3, 0.4) is 0 Å². The molecule has 5 aliphatic carbocycles. The zero-order valence-electron chi connectivity index (χ0n) is 76.4. The minimum atomic E-state index is -2.47. The molecule has 0 unspecified atom stereocenters. The van der Waals surface area contributed by atoms with Gasteiger partial charge in [-0.1, -0.05) is 391 Å². The molecule has 630 valence electrons. The van der Waals surface area contributed by atoms with Crippen molar-refractivity contribution in [1.82, 2.24) is 0 Å². The first-order valence-corrected chi connectivity index (χ1v) is 55.5. The molecule has 0 amide bonds. The van der Waals surface area contributed by atoms with Crippen LogP contribution in [0.25, 0.3) is 61.9 Å². The van der Waals surface area contributed by atoms with Crippen molar-refractivity contribution in [3.8, 4) is 33.4 Å². The molecule has 3 aliphatic heterocycles. The minimum absolute atomic E-state index is 0.0593. The van der Waals surface area contributed by atoms with Crippen LogP contribution in [0, 0.1) is 5.92 Å². The van der Waals surface area contributed by atoms with E-state index in [0.29, 0.717) is 5.92 Å². The van der Waals surface area contributed by atoms with Crippen molar-refractivity contribution in [2.75, 3.05) is 14.7 Å². The highest BCUT2D eigenvalue weighted by Gasteiger charge is 2.55. The number of fused-ring (bicyclic) bond motifs is 26. The molecule has 21 rings (SSSR count). The maximum absolute atomic E-state index is 4.57. The molecule has 0 N–H and O–H groups in total. The number of benzene rings is 13. The molecule has 8 aliphatic rings. The van der Waals surface area contributed by atoms with E-state index in [9.17, 15) is 0 Å². The Bertz CT molecular complexity index is 7200. The van der Waals surface area contributed by atoms with Gasteiger partial charge in [-0.05, 0) is 269 Å². The molecule has 3 heterocycles. The molecule has 2 spiro atoms. The van der Waals surface area contributed by atoms with Gasteiger partial charge >= 0.3 is 0 Å². The van der Waals surface area contributed by atoms with Gasteiger partial charge in [-0.3, -0.25) is 0 Å². The summed E-state index contributed by atoms with van der Waals surface area (Å²) in [6.07, 6.45) is 41.9. The quantitative estimate of drug-likeness (QED) is 0.0482. The summed E-state index contributed by atoms with van der Waals surface area (Å²) in [5.41, 5.74) is 38.6. The summed E-state index contributed by atoms with van der Waals surface area (Å²) < 4.78 is 0. The first-order valence-electron chi connectivity index (χ1n) is 46.5. The van der Waals surface area contributed by atoms with Crippen LogP contribution in [0.15, 0.2) is 427 Å². The van der Waals surface area contributed by atoms with Crippen LogP contribution in [-0.4, -0.2) is 24.2 Å². The predicted octanol–water partition coefficient (Wildman–Crippen LogP) is 31.6. The smallest absolute Gasteiger partial charge is 0.118 e. The lowest BCUT2D eigenvalue weighted by molar-refractivity contribution is 0.710. The third-order valence-corrected chi connectivity index (χ3v) is 40.9. The Morgan fingerprint density at radius 2 is 1.00 bits per heavy atom. The molecule has 0 saturated heterocycles. The molecule has 0 atom stereocenters. The molecule has 13 aromatic rings. The lowest BCUT2D eigenvalue weighted by atomic mass is 9.60. The lowest BCUT2D eigenvalue weighted by Gasteiger charge is -2.45. The number of anilines is 7. The Morgan fingerprint density at radius 3 is 1.63 bits per heavy atom. The highest BCUT2D eigenvalue weighted by Crippen LogP contribution is 2.66. The van der Waals surface area contributed by atoms with Gasteiger partial charge in [-0.15, -0.1) is 0 Å². The van der Waals surface area contributed by atoms with Crippen molar-refractivity contribution in [3.63, 3.8) is 0 Å². The number of hydrogen-bond donors (Lipinski definition) is 0. The standard InChI is InChI=1S/C123H111N3Si3/c1-15-39-82(8)127(9,10)91(40-16-2)45-21-20-43-83-64-67-86-77-88(75-83)122(104-54-30-24-47-94(104)95-48-25-31-55-105(95)122)109-79-90(69-72-93(86)109)125-115-60-36-37-62-119(115)129(13,14)121-87(44-38-61-117(121)125)78-103-101-52-28-34-58-112(101)126(113-59-35-29-53-102(103)113)114-74-68-85(92-46-22-23-51-100(92)114)66-63-84-65-71-98-99-73-70-89(124-111(19-5)118(42-18-4)128(11,12)120(81(6)7)116(124)41-17-3)80-110(99)123(108(98)76-84)106-56-32-26-49-96(106)97-50-27-33-57-107(97)123/h15-20,22-76,79-81,103H,5,8,21,77-78H2,1-4,6-7,9-14H3. The minimum Gasteiger partial charge on any atom is -0.311 e. The number of nitrogens with zero attached hydrogens (tertiary/aromatic N) is 3. The zero-order chi connectivity index (χ0) is 88.6. The van der Waals surface area contributed by atoms with Gasteiger partial charge in [-0.25, -0.2) is 0 Å². The van der Waals surface area contributed by atoms with Crippen LogP contribution < -0.4 is 25.1 Å². The molecule has 0 aromatic heterocycles. The Balaban J connectivity index is 0.637. The fourth-order valence-corrected chi connectivity index (χ4v) is 33.9. The van der Waals surface area contributed by atoms with Gasteiger partial charge in [0.05, 0.1) is 16.5 Å². The molecular weight excluding hydrogens is 1600 g/mol. The van der Waals surface area contributed by atoms with Crippen LogP contribution in [0.5, 0.6) is 0 Å². The van der Waals surface area contributed by atoms with E-state index < -0.39 is 35.1 Å². The van der Waals surface area contributed by atoms with Crippen LogP contribution in [0.2, 0.25) is 39.3 Å². The van der Waals surface area contributed by atoms with Crippen molar-refractivity contribution in [1.29, 1.82) is 0 Å². The van der Waals surface area contributed by atoms with Crippen LogP contribution in [0.4, 0.5) is 39.8 Å². The van der Waals surface area contributed by atoms with Crippen LogP contribution in [-0.2, 0) is 17.3 Å². The molecular formula is C123H111N3Si3. The predicted molar refractivity (Wildman–Crippen MR) is 561 cm³/mol. The number of allylic oxidation sites excluding steroid dienone is 22. The summed E-state index contributed by atoms with van der Waals surface area (Å²) in [4.78, 5) is 7.77. The molecule has 0 fully saturated rings. The molecule has 0 radical (unpaired) electrons. The van der Waals surface area contributed by atoms with E-state index in [1.165, 1.54) is 193 Å². The van der Waals surface area contributed by atoms with E-state index in [4.69, 9.17) is 0 Å². The molecule has 129 heavy (non-hydrogen) atoms. The molecule has 6 heteroatoms. The van der Waals surface area contributed by atoms with Crippen molar-refractivity contribution < 1.29 is 0 Å². The second kappa shape index (κ2) is 32.1. The van der Waals surface area contributed by atoms with E-state index >= 15 is 0 Å². The first-order chi connectivity index (χ1) is 62.8. The summed E-state index contributed by atoms with van der Waals surface area (Å²) in [6, 6.07) is 108. The summed E-state index contributed by atoms with van der Waals surface area (Å²) >= 11 is 0. The number of para-hydroxylation sites is 3. The second-order valence-electron chi connectivity index (χ2n) is 38.1. The van der Waals surface area contributed by atoms with Gasteiger partial charge in [0, 0.05) is 56.8 Å². The molecule has 13 aromatic carbocycles. The van der Waals surface area contributed by atoms with E-state index in [1.807, 2.05) is 0 Å². The van der Waals surface area contributed by atoms with Gasteiger partial charge in [0.25, 0.3) is 0 Å². The fourth-order valence-electron chi connectivity index (χ4n) is 24.3. The Kier molecular flexibility index (Phi) is 20.5. The topological polar surface area (TPSA) is 9.72 Å². The average molecular weight is 1720 g/mol. The molecule has 3 nitrogen and oxygen atoms in total. The molecule has 2 bridgehead atoms. The monoisotopic (exact) mass is 1710 g/mol. The van der Waals surface area contributed by atoms with Gasteiger partial charge in [0.2, 0.25) is 0 Å². The Labute approximate surface area is 767 Å². The summed E-state index contributed by atoms with van der Waals surface area (Å²) in [7, 11) is -6.58. The first kappa shape index (κ1) is 82.5. The Hall–Kier alpha value is -13.5. The van der Waals surface area contributed by atoms with Gasteiger partial charge in [0.1, 0.15) is 24.2 Å². The highest BCUT2D eigenvalue weighted by atomic mass is 28.3. The third kappa shape index (κ3) is 12.6. The van der Waals surface area contributed by atoms with Crippen molar-refractivity contribution in [3.05, 3.63) is 499 Å². The van der Waals surface area contributed by atoms with Gasteiger partial charge in [0.15, 0.2) is 0 Å². The third-order valence-electron chi connectivity index (χ3n) is 29.8. The average Bonchev–Trinajstić information content (AvgIpc) is 1.51. The fraction of sp³-hybridized carbons (Fsp3) is 0.154. The van der Waals surface area contributed by atoms with Crippen LogP contribution in [0.1, 0.15) is 133 Å². The van der Waals surface area contributed by atoms with E-state index in [-0.39, 0.29) is 5.92 Å². The SMILES string of the molecule is C=CC1=C(C=CC)[Si](C)(C)C(C(C)C)=C(C=CC)N1c1ccc2c(c1)C1(c3ccccc3-c3ccccc31)c1cc(C=Cc3ccc(N4c5ccccc5C(Cc5cccc6c5[Si](C)(C)c5ccccc5N6c5ccc6c(c5)C5(C7=CC(C=CCC=C(C=CC)[Si](C)(C)C(=C)C=CC)=CC=C6C7)c6ccccc6-c6ccccc65)c5ccccc54)c4ccccc34)ccc1-2. The lowest BCUT2D eigenvalue weighted by Crippen LogP contribution is -2.59. The van der Waals surface area contributed by atoms with Crippen molar-refractivity contribution in [2.45, 2.75) is 117 Å². The number of hydrogen-bond acceptors (Lipinski definition) is 3. The number of rotatable bonds is 18. The van der Waals surface area contributed by atoms with E-state index in [0.717, 1.165) is 36.2 Å². The Morgan fingerprint density at radius 1 is 0.457 bits per heavy atom. The van der Waals surface area contributed by atoms with Crippen molar-refractivity contribution >= 4 is 103 Å². The van der Waals surface area contributed by atoms with Crippen LogP contribution >= 0.6 is 0 Å². The molecule has 0 saturated carbocycles. The highest BCUT2D eigenvalue weighted by molar-refractivity contribution is 7.03. The maximum Gasteiger partial charge on any atom is 0.118 e. The second-order valence-corrected chi connectivity index (χ2v) is 51.2. The summed E-state index contributed by atoms with van der Waals surface area (Å²) in [5, 5.41) is 11.0. The maximum atomic E-state index is 4.57. The largest absolute Gasteiger partial charge is 0.311 e. The van der Waals surface area contributed by atoms with Gasteiger partial charge < -0.3 is 14.7 Å². The zero-order valence-corrected chi connectivity index (χ0v) is 79.4.